The summed E-state index contributed by atoms with van der Waals surface area (Å²) in [5, 5.41) is 0. The zero-order valence-corrected chi connectivity index (χ0v) is 2.97. The minimum atomic E-state index is -4.16. The Bertz CT molecular complexity index is 82.4. The van der Waals surface area contributed by atoms with E-state index in [2.05, 4.69) is 14.7 Å². The highest BCUT2D eigenvalue weighted by Gasteiger charge is 2.00. The lowest BCUT2D eigenvalue weighted by Crippen LogP contribution is -1.66. The Morgan fingerprint density at radius 1 is 1.60 bits per heavy atom. The fourth-order valence-corrected chi connectivity index (χ4v) is 0. The Balaban J connectivity index is 3.79. The number of phosphoric acid groups is 1. The number of hydrogen-bond acceptors (Lipinski definition) is 4. The van der Waals surface area contributed by atoms with E-state index in [1.54, 1.807) is 0 Å². The van der Waals surface area contributed by atoms with Crippen molar-refractivity contribution in [3.63, 3.8) is 0 Å². The van der Waals surface area contributed by atoms with Crippen LogP contribution in [0.15, 0.2) is 0 Å². The summed E-state index contributed by atoms with van der Waals surface area (Å²) >= 11 is 0. The van der Waals surface area contributed by atoms with Crippen molar-refractivity contribution in [2.75, 3.05) is 0 Å². The van der Waals surface area contributed by atoms with Crippen LogP contribution in [0.25, 0.3) is 0 Å². The van der Waals surface area contributed by atoms with Crippen molar-refractivity contribution >= 4 is 7.82 Å². The van der Waals surface area contributed by atoms with Gasteiger partial charge >= 0.3 is 7.82 Å². The largest absolute Gasteiger partial charge is 0.466 e. The zero-order valence-electron chi connectivity index (χ0n) is 5.08. The Morgan fingerprint density at radius 2 is 2.00 bits per heavy atom. The standard InChI is InChI=1S/H3O4P/c1-5(2,3)4/h(H3,1,2,3,4)/i/hD3. The van der Waals surface area contributed by atoms with Gasteiger partial charge in [0.15, 0.2) is 0 Å². The number of rotatable bonds is 3. The minimum absolute atomic E-state index is 3.22. The molecule has 0 aliphatic rings. The second kappa shape index (κ2) is 1.06. The average Bonchev–Trinajstić information content (AvgIpc) is 1.87. The van der Waals surface area contributed by atoms with E-state index < -0.39 is 7.82 Å². The molecule has 5 heteroatoms. The monoisotopic (exact) mass is 101 g/mol. The average molecular weight is 101 g/mol. The van der Waals surface area contributed by atoms with Gasteiger partial charge in [-0.3, -0.25) is 0 Å². The van der Waals surface area contributed by atoms with Gasteiger partial charge in [0.05, 0.1) is 0 Å². The quantitative estimate of drug-likeness (QED) is 0.401. The van der Waals surface area contributed by atoms with Crippen LogP contribution < -0.4 is 0 Å². The molecule has 0 spiro atoms. The van der Waals surface area contributed by atoms with Gasteiger partial charge in [-0.15, -0.1) is 0 Å². The molecule has 0 aliphatic heterocycles. The molecule has 0 rings (SSSR count). The molecule has 0 amide bonds. The molecule has 0 saturated heterocycles. The van der Waals surface area contributed by atoms with E-state index in [-0.39, 0.29) is 0 Å². The van der Waals surface area contributed by atoms with Crippen LogP contribution in [0, 0.1) is 0 Å². The molecular weight excluding hydrogens is 95.0 g/mol. The highest BCUT2D eigenvalue weighted by Crippen LogP contribution is 2.25. The van der Waals surface area contributed by atoms with E-state index in [1.165, 1.54) is 0 Å². The molecule has 0 unspecified atom stereocenters. The van der Waals surface area contributed by atoms with Crippen LogP contribution in [0.2, 0.25) is 0 Å². The molecule has 0 heterocycles. The highest BCUT2D eigenvalue weighted by molar-refractivity contribution is 7.45. The van der Waals surface area contributed by atoms with Crippen molar-refractivity contribution in [3.8, 4) is 0 Å². The van der Waals surface area contributed by atoms with Crippen molar-refractivity contribution in [1.82, 2.24) is 0 Å². The van der Waals surface area contributed by atoms with Crippen molar-refractivity contribution in [2.24, 2.45) is 0 Å². The van der Waals surface area contributed by atoms with E-state index in [0.29, 0.717) is 0 Å². The van der Waals surface area contributed by atoms with Crippen molar-refractivity contribution in [2.45, 2.75) is 0 Å². The van der Waals surface area contributed by atoms with Gasteiger partial charge in [-0.05, 0) is 0 Å². The fraction of sp³-hybridized carbons (Fsp3) is 0. The van der Waals surface area contributed by atoms with E-state index in [4.69, 9.17) is 4.29 Å². The topological polar surface area (TPSA) is 77.8 Å². The first kappa shape index (κ1) is 1.71. The Hall–Kier alpha value is 0.110. The van der Waals surface area contributed by atoms with Crippen LogP contribution in [0.3, 0.4) is 0 Å². The van der Waals surface area contributed by atoms with Gasteiger partial charge in [0.1, 0.15) is 0 Å². The zero-order chi connectivity index (χ0) is 6.62. The van der Waals surface area contributed by atoms with Gasteiger partial charge in [-0.25, -0.2) is 4.57 Å². The second-order valence-corrected chi connectivity index (χ2v) is 1.34. The van der Waals surface area contributed by atoms with E-state index in [9.17, 15) is 4.57 Å². The van der Waals surface area contributed by atoms with Crippen LogP contribution in [-0.2, 0) is 4.57 Å². The normalized spacial score (nSPS) is 19.6. The molecule has 3 N–H and O–H groups in total. The van der Waals surface area contributed by atoms with Gasteiger partial charge in [-0.2, -0.15) is 0 Å². The molecular formula is H3O4P. The summed E-state index contributed by atoms with van der Waals surface area (Å²) in [7, 11) is -4.16. The van der Waals surface area contributed by atoms with Gasteiger partial charge < -0.3 is 14.7 Å². The van der Waals surface area contributed by atoms with Gasteiger partial charge in [-0.1, -0.05) is 0 Å². The van der Waals surface area contributed by atoms with Crippen LogP contribution in [0.1, 0.15) is 0 Å². The molecule has 0 aromatic rings. The van der Waals surface area contributed by atoms with Crippen LogP contribution in [0.4, 0.5) is 0 Å². The lowest BCUT2D eigenvalue weighted by atomic mass is 15.8. The molecule has 0 aromatic carbocycles. The summed E-state index contributed by atoms with van der Waals surface area (Å²) < 4.78 is 27.8. The molecule has 0 atom stereocenters. The van der Waals surface area contributed by atoms with Crippen LogP contribution in [-0.4, -0.2) is 19.0 Å². The highest BCUT2D eigenvalue weighted by atomic mass is 31.2. The molecule has 0 fully saturated rings. The fourth-order valence-electron chi connectivity index (χ4n) is 0. The minimum Gasteiger partial charge on any atom is -0.303 e. The molecule has 0 aromatic heterocycles. The van der Waals surface area contributed by atoms with Gasteiger partial charge in [0.2, 0.25) is 4.29 Å². The summed E-state index contributed by atoms with van der Waals surface area (Å²) in [4.78, 5) is 9.67. The van der Waals surface area contributed by atoms with Crippen LogP contribution >= 0.6 is 7.82 Å². The van der Waals surface area contributed by atoms with E-state index in [0.717, 1.165) is 0 Å². The Labute approximate surface area is 32.8 Å². The Kier molecular flexibility index (Phi) is 0.364. The summed E-state index contributed by atoms with van der Waals surface area (Å²) in [6.07, 6.45) is 0. The molecule has 5 heavy (non-hydrogen) atoms. The summed E-state index contributed by atoms with van der Waals surface area (Å²) in [5.74, 6) is 0. The van der Waals surface area contributed by atoms with E-state index >= 15 is 0 Å². The second-order valence-electron chi connectivity index (χ2n) is 0.447. The third-order valence-electron chi connectivity index (χ3n) is 0. The lowest BCUT2D eigenvalue weighted by molar-refractivity contribution is 0.275. The van der Waals surface area contributed by atoms with Crippen molar-refractivity contribution < 1.29 is 19.3 Å². The smallest absolute Gasteiger partial charge is 0.303 e. The first-order valence-corrected chi connectivity index (χ1v) is 2.19. The molecule has 0 saturated carbocycles. The molecule has 0 aliphatic carbocycles. The predicted octanol–water partition coefficient (Wildman–Crippen LogP) is -0.929. The maximum Gasteiger partial charge on any atom is 0.466 e. The van der Waals surface area contributed by atoms with E-state index in [1.807, 2.05) is 0 Å². The summed E-state index contributed by atoms with van der Waals surface area (Å²) in [5.41, 5.74) is 0. The first-order chi connectivity index (χ1) is 3.68. The maximum absolute atomic E-state index is 10.1. The Morgan fingerprint density at radius 3 is 2.00 bits per heavy atom. The molecule has 4 nitrogen and oxygen atoms in total. The summed E-state index contributed by atoms with van der Waals surface area (Å²) in [6, 6.07) is 0. The molecule has 32 valence electrons. The third kappa shape index (κ3) is 1510. The van der Waals surface area contributed by atoms with Crippen LogP contribution in [0.5, 0.6) is 0 Å². The van der Waals surface area contributed by atoms with Gasteiger partial charge in [0, 0.05) is 0 Å². The van der Waals surface area contributed by atoms with Crippen molar-refractivity contribution in [3.05, 3.63) is 0 Å². The molecule has 0 radical (unpaired) electrons. The maximum atomic E-state index is 10.1. The lowest BCUT2D eigenvalue weighted by Gasteiger charge is -1.82. The van der Waals surface area contributed by atoms with Crippen molar-refractivity contribution in [1.29, 1.82) is 4.29 Å². The molecule has 0 bridgehead atoms. The SMILES string of the molecule is [2H]OP(=O)(O[2H])O[2H]. The first-order valence-electron chi connectivity index (χ1n) is 1.96. The third-order valence-corrected chi connectivity index (χ3v) is 0. The van der Waals surface area contributed by atoms with Gasteiger partial charge in [0.25, 0.3) is 0 Å². The number of hydrogen-bond donors (Lipinski definition) is 3. The summed E-state index contributed by atoms with van der Waals surface area (Å²) in [6.45, 7) is 0. The predicted molar refractivity (Wildman–Crippen MR) is 14.3 cm³/mol.